The third-order valence-electron chi connectivity index (χ3n) is 25.0. The minimum atomic E-state index is -1.97. The van der Waals surface area contributed by atoms with Gasteiger partial charge in [0.15, 0.2) is 25.0 Å². The highest BCUT2D eigenvalue weighted by molar-refractivity contribution is 9.10. The summed E-state index contributed by atoms with van der Waals surface area (Å²) in [6, 6.07) is 20.2. The van der Waals surface area contributed by atoms with Crippen LogP contribution in [-0.4, -0.2) is 124 Å². The van der Waals surface area contributed by atoms with E-state index >= 15 is 0 Å². The Balaban J connectivity index is 0.000000256. The molecule has 9 rings (SSSR count). The summed E-state index contributed by atoms with van der Waals surface area (Å²) in [6.45, 7) is 67.5. The first-order chi connectivity index (χ1) is 57.4. The number of aromatic nitrogens is 4. The molecule has 0 fully saturated rings. The van der Waals surface area contributed by atoms with Crippen LogP contribution < -0.4 is 26.5 Å². The van der Waals surface area contributed by atoms with Crippen molar-refractivity contribution in [3.8, 4) is 5.75 Å². The van der Waals surface area contributed by atoms with Crippen LogP contribution in [0, 0.1) is 64.1 Å². The van der Waals surface area contributed by atoms with Gasteiger partial charge in [-0.15, -0.1) is 0 Å². The number of pyridine rings is 4. The maximum Gasteiger partial charge on any atom is 0.343 e. The number of halogens is 3. The summed E-state index contributed by atoms with van der Waals surface area (Å²) in [5.41, 5.74) is 8.26. The molecule has 0 aliphatic heterocycles. The number of rotatable bonds is 29. The van der Waals surface area contributed by atoms with Crippen molar-refractivity contribution in [3.05, 3.63) is 210 Å². The number of fused-ring (bicyclic) bond motifs is 4. The lowest BCUT2D eigenvalue weighted by Gasteiger charge is -2.38. The van der Waals surface area contributed by atoms with E-state index in [1.54, 1.807) is 62.1 Å². The Hall–Kier alpha value is -8.00. The van der Waals surface area contributed by atoms with Gasteiger partial charge in [0.25, 0.3) is 0 Å². The number of carbonyl (C=O) groups excluding carboxylic acids is 3. The topological polar surface area (TPSA) is 261 Å². The minimum absolute atomic E-state index is 0.0177. The van der Waals surface area contributed by atoms with Gasteiger partial charge in [-0.25, -0.2) is 23.6 Å². The first kappa shape index (κ1) is 105. The number of aromatic carboxylic acids is 1. The van der Waals surface area contributed by atoms with Crippen LogP contribution in [0.3, 0.4) is 0 Å². The van der Waals surface area contributed by atoms with Crippen LogP contribution in [-0.2, 0) is 39.4 Å². The van der Waals surface area contributed by atoms with Crippen LogP contribution >= 0.6 is 31.9 Å². The minimum Gasteiger partial charge on any atom is -0.489 e. The van der Waals surface area contributed by atoms with Crippen LogP contribution in [0.5, 0.6) is 5.75 Å². The molecule has 4 heterocycles. The number of benzene rings is 5. The van der Waals surface area contributed by atoms with Crippen molar-refractivity contribution in [3.63, 3.8) is 0 Å². The van der Waals surface area contributed by atoms with Crippen LogP contribution in [0.2, 0.25) is 54.4 Å². The Kier molecular flexibility index (Phi) is 36.5. The van der Waals surface area contributed by atoms with Crippen LogP contribution in [0.1, 0.15) is 243 Å². The van der Waals surface area contributed by atoms with E-state index in [4.69, 9.17) is 32.2 Å². The zero-order valence-corrected chi connectivity index (χ0v) is 85.3. The smallest absolute Gasteiger partial charge is 0.343 e. The molecule has 124 heavy (non-hydrogen) atoms. The first-order valence-corrected chi connectivity index (χ1v) is 53.6. The number of ether oxygens (including phenoxy) is 4. The summed E-state index contributed by atoms with van der Waals surface area (Å²) in [7, 11) is -5.90. The van der Waals surface area contributed by atoms with Crippen molar-refractivity contribution in [2.24, 2.45) is 23.7 Å². The zero-order valence-electron chi connectivity index (χ0n) is 79.2. The molecule has 4 aromatic heterocycles. The third kappa shape index (κ3) is 25.1. The largest absolute Gasteiger partial charge is 0.489 e. The number of hydrogen-bond donors (Lipinski definition) is 2. The van der Waals surface area contributed by atoms with Gasteiger partial charge in [-0.1, -0.05) is 150 Å². The number of carbonyl (C=O) groups is 4. The van der Waals surface area contributed by atoms with Gasteiger partial charge in [0.05, 0.1) is 92.5 Å². The average Bonchev–Trinajstić information content (AvgIpc) is 0.880. The Morgan fingerprint density at radius 3 is 1.04 bits per heavy atom. The van der Waals surface area contributed by atoms with E-state index in [1.807, 2.05) is 83.4 Å². The van der Waals surface area contributed by atoms with Crippen LogP contribution in [0.25, 0.3) is 43.6 Å². The van der Waals surface area contributed by atoms with Crippen molar-refractivity contribution in [1.82, 2.24) is 18.3 Å². The maximum atomic E-state index is 13.3. The second-order valence-electron chi connectivity index (χ2n) is 38.3. The fourth-order valence-electron chi connectivity index (χ4n) is 13.4. The number of alkyl halides is 1. The van der Waals surface area contributed by atoms with Crippen LogP contribution in [0.4, 0.5) is 4.39 Å². The summed E-state index contributed by atoms with van der Waals surface area (Å²) < 4.78 is 62.7. The molecule has 9 aromatic rings. The molecule has 680 valence electrons. The summed E-state index contributed by atoms with van der Waals surface area (Å²) in [4.78, 5) is 102. The lowest BCUT2D eigenvalue weighted by atomic mass is 10.00. The number of aliphatic hydroxyl groups is 1. The number of carboxylic acids is 1. The highest BCUT2D eigenvalue weighted by atomic mass is 79.9. The Labute approximate surface area is 752 Å². The van der Waals surface area contributed by atoms with Gasteiger partial charge in [-0.05, 0) is 245 Å². The van der Waals surface area contributed by atoms with E-state index in [9.17, 15) is 53.0 Å². The van der Waals surface area contributed by atoms with E-state index in [2.05, 4.69) is 184 Å². The van der Waals surface area contributed by atoms with Crippen molar-refractivity contribution >= 4 is 124 Å². The summed E-state index contributed by atoms with van der Waals surface area (Å²) in [6.07, 6.45) is 6.32. The fourth-order valence-corrected chi connectivity index (χ4v) is 17.4. The van der Waals surface area contributed by atoms with Crippen molar-refractivity contribution < 1.29 is 66.0 Å². The second kappa shape index (κ2) is 43.2. The molecule has 0 spiro atoms. The Morgan fingerprint density at radius 1 is 0.427 bits per heavy atom. The van der Waals surface area contributed by atoms with E-state index in [0.29, 0.717) is 58.1 Å². The molecule has 0 aliphatic carbocycles. The van der Waals surface area contributed by atoms with Gasteiger partial charge in [0.2, 0.25) is 21.7 Å². The Morgan fingerprint density at radius 2 is 0.718 bits per heavy atom. The predicted octanol–water partition coefficient (Wildman–Crippen LogP) is 23.0. The van der Waals surface area contributed by atoms with Gasteiger partial charge in [0, 0.05) is 56.1 Å². The molecular weight excluding hydrogens is 1760 g/mol. The lowest BCUT2D eigenvalue weighted by Crippen LogP contribution is -2.42. The number of aliphatic hydroxyl groups excluding tert-OH is 1. The van der Waals surface area contributed by atoms with E-state index in [0.717, 1.165) is 54.4 Å². The van der Waals surface area contributed by atoms with E-state index in [1.165, 1.54) is 30.5 Å². The molecular formula is C97H137Br2FN4O17Si3. The second-order valence-corrected chi connectivity index (χ2v) is 54.1. The number of nitrogens with zero attached hydrogens (tertiary/aromatic N) is 4. The number of esters is 3. The molecule has 0 aliphatic rings. The molecule has 0 amide bonds. The number of carboxylic acid groups (broad SMARTS) is 1. The van der Waals surface area contributed by atoms with Crippen molar-refractivity contribution in [1.29, 1.82) is 0 Å². The van der Waals surface area contributed by atoms with E-state index < -0.39 is 54.3 Å². The normalized spacial score (nSPS) is 13.3. The molecule has 27 heteroatoms. The quantitative estimate of drug-likeness (QED) is 0.0191. The standard InChI is InChI=1S/C25H38BrNO4Si.C25H39NO4Si.C24H36BrNO4Si.C23H24FNO5/c1-10-30-24(29)20-14-27(21-11-17(4)18(13-26)12-19(21)23(20)28)22(16(2)3)15-31-32(8,9)25(5,6)7;1-11-29-24(28)20-14-26(21-13-18(5)17(4)12-19(21)23(20)27)22(16(2)3)15-30-31(9,10)25(6,7)8;1-10-29-23(28)18-13-26(20-11-16(4)19(25)12-17(20)22(18)27)21(15(2)3)14-30-31(8,9)24(5,6)7;1-13(2)21(11-26)25-10-19(23(28)29)22(27)18-9-15(14(3)8-20(18)25)12-30-17-6-4-16(24)5-7-17/h11-12,14,16,22H,10,13,15H2,1-9H3;12-14,16,22H,11,15H2,1-10H3;11-13,15,21H,10,14H2,1-9H3;4-10,13,21,26H,11-12H2,1-3H3,(H,28,29)/t2*22-;2*21-/m1111/s1. The molecule has 0 saturated heterocycles. The summed E-state index contributed by atoms with van der Waals surface area (Å²) in [5.74, 6) is -2.23. The molecule has 5 aromatic carbocycles. The van der Waals surface area contributed by atoms with Gasteiger partial charge in [-0.2, -0.15) is 0 Å². The van der Waals surface area contributed by atoms with Crippen LogP contribution in [0.15, 0.2) is 121 Å². The van der Waals surface area contributed by atoms with E-state index in [-0.39, 0.29) is 146 Å². The monoisotopic (exact) mass is 1890 g/mol. The van der Waals surface area contributed by atoms with Gasteiger partial charge < -0.3 is 60.7 Å². The lowest BCUT2D eigenvalue weighted by molar-refractivity contribution is 0.0514. The molecule has 0 saturated carbocycles. The molecule has 2 N–H and O–H groups in total. The predicted molar refractivity (Wildman–Crippen MR) is 514 cm³/mol. The summed E-state index contributed by atoms with van der Waals surface area (Å²) >= 11 is 7.04. The highest BCUT2D eigenvalue weighted by Gasteiger charge is 2.42. The Bertz CT molecular complexity index is 5410. The SMILES string of the molecule is CCOC(=O)c1cn([C@H](CO[Si](C)(C)C(C)(C)C)C(C)C)c2cc(C)c(Br)cc2c1=O.CCOC(=O)c1cn([C@H](CO[Si](C)(C)C(C)(C)C)C(C)C)c2cc(C)c(C)cc2c1=O.CCOC(=O)c1cn([C@H](CO[Si](C)(C)C(C)(C)C)C(C)C)c2cc(C)c(CBr)cc2c1=O.Cc1cc2c(cc1COc1ccc(F)cc1)c(=O)c(C(=O)O)cn2[C@H](CO)C(C)C. The zero-order chi connectivity index (χ0) is 93.9. The first-order valence-electron chi connectivity index (χ1n) is 43.0. The van der Waals surface area contributed by atoms with Gasteiger partial charge in [-0.3, -0.25) is 19.2 Å². The third-order valence-corrected chi connectivity index (χ3v) is 39.9. The maximum absolute atomic E-state index is 13.3. The van der Waals surface area contributed by atoms with Gasteiger partial charge in [0.1, 0.15) is 40.4 Å². The molecule has 21 nitrogen and oxygen atoms in total. The average molecular weight is 1890 g/mol. The van der Waals surface area contributed by atoms with Crippen molar-refractivity contribution in [2.75, 3.05) is 46.2 Å². The van der Waals surface area contributed by atoms with Crippen molar-refractivity contribution in [2.45, 2.75) is 264 Å². The molecule has 4 atom stereocenters. The highest BCUT2D eigenvalue weighted by Crippen LogP contribution is 2.42. The summed E-state index contributed by atoms with van der Waals surface area (Å²) in [5, 5.41) is 22.1. The van der Waals surface area contributed by atoms with Gasteiger partial charge >= 0.3 is 23.9 Å². The number of aryl methyl sites for hydroxylation is 5. The molecule has 0 radical (unpaired) electrons. The molecule has 0 bridgehead atoms. The fraction of sp³-hybridized carbons (Fsp3) is 0.526. The number of hydrogen-bond acceptors (Lipinski definition) is 16. The molecule has 0 unspecified atom stereocenters.